The largest absolute Gasteiger partial charge is 0.387 e. The molecule has 182 valence electrons. The van der Waals surface area contributed by atoms with Crippen molar-refractivity contribution in [2.75, 3.05) is 18.9 Å². The van der Waals surface area contributed by atoms with Crippen molar-refractivity contribution in [3.05, 3.63) is 47.3 Å². The highest BCUT2D eigenvalue weighted by atomic mass is 35.5. The number of aromatic nitrogens is 4. The van der Waals surface area contributed by atoms with E-state index in [0.29, 0.717) is 23.1 Å². The Morgan fingerprint density at radius 2 is 2.12 bits per heavy atom. The zero-order chi connectivity index (χ0) is 24.0. The molecule has 3 aromatic rings. The van der Waals surface area contributed by atoms with E-state index in [1.54, 1.807) is 0 Å². The van der Waals surface area contributed by atoms with Gasteiger partial charge in [-0.3, -0.25) is 4.57 Å². The van der Waals surface area contributed by atoms with E-state index < -0.39 is 43.2 Å². The zero-order valence-corrected chi connectivity index (χ0v) is 19.9. The molecule has 4 heterocycles. The van der Waals surface area contributed by atoms with Crippen molar-refractivity contribution < 1.29 is 32.9 Å². The second-order valence-corrected chi connectivity index (χ2v) is 11.1. The van der Waals surface area contributed by atoms with Crippen molar-refractivity contribution >= 4 is 47.1 Å². The second-order valence-electron chi connectivity index (χ2n) is 7.75. The number of halogens is 2. The van der Waals surface area contributed by atoms with Gasteiger partial charge in [-0.05, 0) is 23.9 Å². The van der Waals surface area contributed by atoms with Gasteiger partial charge in [-0.15, -0.1) is 0 Å². The van der Waals surface area contributed by atoms with E-state index in [-0.39, 0.29) is 24.1 Å². The number of hydrogen-bond acceptors (Lipinski definition) is 11. The number of rotatable bonds is 5. The molecule has 2 saturated heterocycles. The third-order valence-electron chi connectivity index (χ3n) is 5.59. The van der Waals surface area contributed by atoms with Gasteiger partial charge in [0.25, 0.3) is 0 Å². The van der Waals surface area contributed by atoms with Crippen LogP contribution in [0.1, 0.15) is 24.3 Å². The van der Waals surface area contributed by atoms with Crippen LogP contribution in [0.15, 0.2) is 30.9 Å². The first-order chi connectivity index (χ1) is 16.3. The van der Waals surface area contributed by atoms with Crippen LogP contribution in [0.2, 0.25) is 5.02 Å². The predicted octanol–water partition coefficient (Wildman–Crippen LogP) is 2.24. The summed E-state index contributed by atoms with van der Waals surface area (Å²) in [7, 11) is 0. The van der Waals surface area contributed by atoms with E-state index in [4.69, 9.17) is 47.4 Å². The maximum Gasteiger partial charge on any atom is 0.327 e. The van der Waals surface area contributed by atoms with Crippen LogP contribution < -0.4 is 5.73 Å². The van der Waals surface area contributed by atoms with Crippen molar-refractivity contribution in [3.63, 3.8) is 0 Å². The summed E-state index contributed by atoms with van der Waals surface area (Å²) in [5, 5.41) is 21.4. The first-order valence-corrected chi connectivity index (χ1v) is 13.2. The Bertz CT molecular complexity index is 1270. The van der Waals surface area contributed by atoms with Crippen molar-refractivity contribution in [1.29, 1.82) is 0 Å². The summed E-state index contributed by atoms with van der Waals surface area (Å²) in [5.74, 6) is -0.284. The molecule has 34 heavy (non-hydrogen) atoms. The van der Waals surface area contributed by atoms with Crippen LogP contribution in [0.5, 0.6) is 0 Å². The summed E-state index contributed by atoms with van der Waals surface area (Å²) >= 11 is 11.6. The van der Waals surface area contributed by atoms with Crippen LogP contribution in [0.3, 0.4) is 0 Å². The molecule has 5 rings (SSSR count). The molecule has 2 aromatic heterocycles. The maximum absolute atomic E-state index is 13.4. The lowest BCUT2D eigenvalue weighted by molar-refractivity contribution is -0.0533. The van der Waals surface area contributed by atoms with Gasteiger partial charge in [0, 0.05) is 17.0 Å². The fraction of sp³-hybridized carbons (Fsp3) is 0.421. The molecule has 0 bridgehead atoms. The van der Waals surface area contributed by atoms with Crippen LogP contribution in [-0.4, -0.2) is 61.3 Å². The highest BCUT2D eigenvalue weighted by Gasteiger charge is 2.45. The third kappa shape index (κ3) is 4.43. The number of imidazole rings is 1. The quantitative estimate of drug-likeness (QED) is 0.416. The summed E-state index contributed by atoms with van der Waals surface area (Å²) < 4.78 is 38.0. The number of nitrogens with zero attached hydrogens (tertiary/aromatic N) is 4. The highest BCUT2D eigenvalue weighted by Crippen LogP contribution is 2.58. The fourth-order valence-corrected chi connectivity index (χ4v) is 6.26. The van der Waals surface area contributed by atoms with Crippen LogP contribution in [0.4, 0.5) is 10.2 Å². The number of nitrogens with two attached hydrogens (primary N) is 1. The van der Waals surface area contributed by atoms with Gasteiger partial charge >= 0.3 is 6.72 Å². The number of fused-ring (bicyclic) bond motifs is 1. The monoisotopic (exact) mass is 531 g/mol. The van der Waals surface area contributed by atoms with Gasteiger partial charge in [0.2, 0.25) is 0 Å². The summed E-state index contributed by atoms with van der Waals surface area (Å²) in [6, 6.07) is 4.01. The van der Waals surface area contributed by atoms with Crippen LogP contribution in [0, 0.1) is 5.82 Å². The highest BCUT2D eigenvalue weighted by molar-refractivity contribution is 8.07. The Balaban J connectivity index is 1.28. The average Bonchev–Trinajstić information content (AvgIpc) is 3.35. The van der Waals surface area contributed by atoms with Crippen molar-refractivity contribution in [3.8, 4) is 0 Å². The topological polar surface area (TPSA) is 147 Å². The second kappa shape index (κ2) is 9.34. The van der Waals surface area contributed by atoms with Crippen molar-refractivity contribution in [1.82, 2.24) is 19.5 Å². The number of anilines is 1. The standard InChI is InChI=1S/C19H20ClFN5O6PS/c20-11-5-9(21)1-2-10(11)12-3-4-29-33(34,32-12)30-6-13-15(27)16(28)19(31-13)26-8-25-14-17(22)23-7-24-18(14)26/h1-2,5,7-8,12-13,15-16,19,27-28H,3-4,6H2,(H2,22,23,24)/t12?,13-,15-,16-,19-,33?/m1/s1. The zero-order valence-electron chi connectivity index (χ0n) is 17.4. The molecule has 4 N–H and O–H groups in total. The molecular weight excluding hydrogens is 512 g/mol. The Hall–Kier alpha value is -1.80. The van der Waals surface area contributed by atoms with Gasteiger partial charge in [-0.2, -0.15) is 0 Å². The van der Waals surface area contributed by atoms with Gasteiger partial charge < -0.3 is 34.3 Å². The molecule has 2 aliphatic heterocycles. The molecule has 2 unspecified atom stereocenters. The van der Waals surface area contributed by atoms with Gasteiger partial charge in [0.1, 0.15) is 36.0 Å². The first kappa shape index (κ1) is 23.9. The lowest BCUT2D eigenvalue weighted by Crippen LogP contribution is -2.34. The molecule has 6 atom stereocenters. The maximum atomic E-state index is 13.4. The van der Waals surface area contributed by atoms with E-state index in [2.05, 4.69) is 15.0 Å². The van der Waals surface area contributed by atoms with Gasteiger partial charge in [-0.25, -0.2) is 19.3 Å². The number of hydrogen-bond donors (Lipinski definition) is 3. The smallest absolute Gasteiger partial charge is 0.327 e. The summed E-state index contributed by atoms with van der Waals surface area (Å²) in [6.07, 6.45) is -1.97. The minimum Gasteiger partial charge on any atom is -0.387 e. The molecule has 2 aliphatic rings. The number of ether oxygens (including phenoxy) is 1. The summed E-state index contributed by atoms with van der Waals surface area (Å²) in [6.45, 7) is -3.20. The lowest BCUT2D eigenvalue weighted by Gasteiger charge is -2.33. The molecular formula is C19H20ClFN5O6PS. The minimum absolute atomic E-state index is 0.178. The number of aliphatic hydroxyl groups is 2. The molecule has 0 aliphatic carbocycles. The van der Waals surface area contributed by atoms with E-state index >= 15 is 0 Å². The normalized spacial score (nSPS) is 31.8. The molecule has 0 saturated carbocycles. The van der Waals surface area contributed by atoms with Crippen molar-refractivity contribution in [2.45, 2.75) is 37.1 Å². The van der Waals surface area contributed by atoms with E-state index in [1.807, 2.05) is 0 Å². The Labute approximate surface area is 202 Å². The lowest BCUT2D eigenvalue weighted by atomic mass is 10.1. The van der Waals surface area contributed by atoms with Crippen LogP contribution in [-0.2, 0) is 30.1 Å². The number of nitrogen functional groups attached to an aromatic ring is 1. The van der Waals surface area contributed by atoms with Gasteiger partial charge in [0.05, 0.1) is 25.6 Å². The Morgan fingerprint density at radius 1 is 1.29 bits per heavy atom. The third-order valence-corrected chi connectivity index (χ3v) is 8.29. The fourth-order valence-electron chi connectivity index (χ4n) is 3.87. The first-order valence-electron chi connectivity index (χ1n) is 10.2. The van der Waals surface area contributed by atoms with E-state index in [1.165, 1.54) is 35.4 Å². The molecule has 1 aromatic carbocycles. The predicted molar refractivity (Wildman–Crippen MR) is 122 cm³/mol. The van der Waals surface area contributed by atoms with Crippen LogP contribution in [0.25, 0.3) is 11.2 Å². The summed E-state index contributed by atoms with van der Waals surface area (Å²) in [5.41, 5.74) is 7.07. The SMILES string of the molecule is Nc1ncnc2c1ncn2[C@@H]1O[C@H](COP2(=S)OCCC(c3ccc(F)cc3Cl)O2)[C@@H](O)[C@H]1O. The Kier molecular flexibility index (Phi) is 6.57. The van der Waals surface area contributed by atoms with Crippen molar-refractivity contribution in [2.24, 2.45) is 0 Å². The van der Waals surface area contributed by atoms with Gasteiger partial charge in [-0.1, -0.05) is 17.7 Å². The summed E-state index contributed by atoms with van der Waals surface area (Å²) in [4.78, 5) is 12.2. The molecule has 0 amide bonds. The molecule has 0 radical (unpaired) electrons. The van der Waals surface area contributed by atoms with E-state index in [9.17, 15) is 14.6 Å². The van der Waals surface area contributed by atoms with Crippen LogP contribution >= 0.6 is 18.3 Å². The van der Waals surface area contributed by atoms with E-state index in [0.717, 1.165) is 0 Å². The molecule has 2 fully saturated rings. The van der Waals surface area contributed by atoms with Gasteiger partial charge in [0.15, 0.2) is 17.7 Å². The molecule has 15 heteroatoms. The molecule has 0 spiro atoms. The molecule has 11 nitrogen and oxygen atoms in total. The minimum atomic E-state index is -3.24. The number of benzene rings is 1. The average molecular weight is 532 g/mol. The number of aliphatic hydroxyl groups excluding tert-OH is 2. The Morgan fingerprint density at radius 3 is 2.91 bits per heavy atom.